The molecule has 0 unspecified atom stereocenters. The van der Waals surface area contributed by atoms with E-state index < -0.39 is 0 Å². The molecule has 0 aliphatic carbocycles. The number of anilines is 1. The zero-order valence-electron chi connectivity index (χ0n) is 19.6. The van der Waals surface area contributed by atoms with Crippen LogP contribution in [0.1, 0.15) is 43.0 Å². The first-order valence-electron chi connectivity index (χ1n) is 11.4. The maximum Gasteiger partial charge on any atom is 0.260 e. The number of aromatic nitrogens is 1. The quantitative estimate of drug-likeness (QED) is 0.248. The van der Waals surface area contributed by atoms with Gasteiger partial charge in [-0.2, -0.15) is 0 Å². The molecular weight excluding hydrogens is 452 g/mol. The number of amides is 1. The lowest BCUT2D eigenvalue weighted by Crippen LogP contribution is -2.30. The third-order valence-corrected chi connectivity index (χ3v) is 7.21. The highest BCUT2D eigenvalue weighted by atomic mass is 32.1. The smallest absolute Gasteiger partial charge is 0.260 e. The summed E-state index contributed by atoms with van der Waals surface area (Å²) < 4.78 is 1.05. The minimum absolute atomic E-state index is 0.0669. The molecule has 0 spiro atoms. The van der Waals surface area contributed by atoms with Crippen LogP contribution in [0.5, 0.6) is 0 Å². The van der Waals surface area contributed by atoms with Gasteiger partial charge in [-0.25, -0.2) is 4.98 Å². The molecule has 0 fully saturated rings. The highest BCUT2D eigenvalue weighted by molar-refractivity contribution is 7.22. The van der Waals surface area contributed by atoms with Gasteiger partial charge in [-0.05, 0) is 48.7 Å². The van der Waals surface area contributed by atoms with Gasteiger partial charge in [0.05, 0.1) is 16.8 Å². The lowest BCUT2D eigenvalue weighted by Gasteiger charge is -2.20. The van der Waals surface area contributed by atoms with E-state index in [9.17, 15) is 9.59 Å². The first-order chi connectivity index (χ1) is 17.0. The van der Waals surface area contributed by atoms with E-state index in [1.54, 1.807) is 41.3 Å². The van der Waals surface area contributed by atoms with Crippen LogP contribution >= 0.6 is 11.3 Å². The van der Waals surface area contributed by atoms with Gasteiger partial charge in [-0.3, -0.25) is 14.5 Å². The van der Waals surface area contributed by atoms with E-state index in [1.165, 1.54) is 16.9 Å². The van der Waals surface area contributed by atoms with Gasteiger partial charge in [0.2, 0.25) is 0 Å². The Morgan fingerprint density at radius 3 is 2.03 bits per heavy atom. The van der Waals surface area contributed by atoms with Crippen molar-refractivity contribution in [3.05, 3.63) is 130 Å². The van der Waals surface area contributed by atoms with Gasteiger partial charge >= 0.3 is 0 Å². The van der Waals surface area contributed by atoms with Crippen LogP contribution in [0.15, 0.2) is 97.1 Å². The molecule has 0 radical (unpaired) electrons. The monoisotopic (exact) mass is 476 g/mol. The van der Waals surface area contributed by atoms with Gasteiger partial charge in [0.25, 0.3) is 5.91 Å². The number of thiazole rings is 1. The number of hydrogen-bond acceptors (Lipinski definition) is 4. The van der Waals surface area contributed by atoms with Gasteiger partial charge in [0.1, 0.15) is 0 Å². The molecular formula is C30H24N2O2S. The third kappa shape index (κ3) is 4.63. The fraction of sp³-hybridized carbons (Fsp3) is 0.100. The molecule has 0 bridgehead atoms. The van der Waals surface area contributed by atoms with Gasteiger partial charge in [0.15, 0.2) is 10.9 Å². The number of ketones is 1. The molecule has 172 valence electrons. The molecule has 4 aromatic carbocycles. The Kier molecular flexibility index (Phi) is 6.25. The van der Waals surface area contributed by atoms with Crippen molar-refractivity contribution in [3.8, 4) is 0 Å². The van der Waals surface area contributed by atoms with Crippen LogP contribution in [-0.2, 0) is 6.54 Å². The molecule has 1 aromatic heterocycles. The lowest BCUT2D eigenvalue weighted by atomic mass is 10.0. The largest absolute Gasteiger partial charge is 0.289 e. The molecule has 4 nitrogen and oxygen atoms in total. The van der Waals surface area contributed by atoms with E-state index >= 15 is 0 Å². The molecule has 0 aliphatic rings. The van der Waals surface area contributed by atoms with E-state index in [0.717, 1.165) is 21.3 Å². The molecule has 5 heteroatoms. The van der Waals surface area contributed by atoms with Crippen molar-refractivity contribution < 1.29 is 9.59 Å². The van der Waals surface area contributed by atoms with Gasteiger partial charge in [0, 0.05) is 16.7 Å². The Morgan fingerprint density at radius 2 is 1.34 bits per heavy atom. The number of nitrogens with zero attached hydrogens (tertiary/aromatic N) is 2. The summed E-state index contributed by atoms with van der Waals surface area (Å²) in [7, 11) is 0. The van der Waals surface area contributed by atoms with Crippen LogP contribution in [0.25, 0.3) is 10.2 Å². The number of carbonyl (C=O) groups is 2. The molecule has 5 rings (SSSR count). The van der Waals surface area contributed by atoms with E-state index in [-0.39, 0.29) is 11.7 Å². The van der Waals surface area contributed by atoms with Crippen molar-refractivity contribution in [2.45, 2.75) is 20.4 Å². The summed E-state index contributed by atoms with van der Waals surface area (Å²) >= 11 is 1.52. The van der Waals surface area contributed by atoms with E-state index in [1.807, 2.05) is 48.5 Å². The zero-order chi connectivity index (χ0) is 24.4. The summed E-state index contributed by atoms with van der Waals surface area (Å²) in [6, 6.07) is 30.1. The number of benzene rings is 4. The number of hydrogen-bond donors (Lipinski definition) is 0. The zero-order valence-corrected chi connectivity index (χ0v) is 20.4. The van der Waals surface area contributed by atoms with Crippen LogP contribution in [0.4, 0.5) is 5.13 Å². The molecule has 0 aliphatic heterocycles. The van der Waals surface area contributed by atoms with E-state index in [2.05, 4.69) is 26.0 Å². The molecule has 35 heavy (non-hydrogen) atoms. The van der Waals surface area contributed by atoms with Crippen LogP contribution < -0.4 is 4.90 Å². The first-order valence-corrected chi connectivity index (χ1v) is 12.3. The number of fused-ring (bicyclic) bond motifs is 1. The van der Waals surface area contributed by atoms with Crippen molar-refractivity contribution in [2.75, 3.05) is 4.90 Å². The maximum absolute atomic E-state index is 13.7. The number of carbonyl (C=O) groups excluding carboxylic acids is 2. The highest BCUT2D eigenvalue weighted by Gasteiger charge is 2.23. The van der Waals surface area contributed by atoms with Gasteiger partial charge in [-0.1, -0.05) is 90.2 Å². The predicted octanol–water partition coefficient (Wildman–Crippen LogP) is 6.99. The van der Waals surface area contributed by atoms with Gasteiger partial charge < -0.3 is 0 Å². The van der Waals surface area contributed by atoms with Crippen LogP contribution in [-0.4, -0.2) is 16.7 Å². The van der Waals surface area contributed by atoms with Crippen LogP contribution in [0, 0.1) is 13.8 Å². The Hall–Kier alpha value is -4.09. The van der Waals surface area contributed by atoms with E-state index in [0.29, 0.717) is 28.4 Å². The fourth-order valence-electron chi connectivity index (χ4n) is 4.00. The van der Waals surface area contributed by atoms with Crippen LogP contribution in [0.2, 0.25) is 0 Å². The normalized spacial score (nSPS) is 10.9. The topological polar surface area (TPSA) is 50.3 Å². The molecule has 0 saturated carbocycles. The van der Waals surface area contributed by atoms with E-state index in [4.69, 9.17) is 4.98 Å². The fourth-order valence-corrected chi connectivity index (χ4v) is 5.02. The molecule has 0 atom stereocenters. The predicted molar refractivity (Wildman–Crippen MR) is 142 cm³/mol. The summed E-state index contributed by atoms with van der Waals surface area (Å²) in [5, 5.41) is 0.659. The SMILES string of the molecule is Cc1ccc2sc(N(Cc3ccccc3)C(=O)c3ccc(C(=O)c4ccccc4)cc3)nc2c1C. The molecule has 0 N–H and O–H groups in total. The third-order valence-electron chi connectivity index (χ3n) is 6.16. The Labute approximate surface area is 208 Å². The Morgan fingerprint density at radius 1 is 0.743 bits per heavy atom. The minimum Gasteiger partial charge on any atom is -0.289 e. The van der Waals surface area contributed by atoms with Crippen LogP contribution in [0.3, 0.4) is 0 Å². The second-order valence-corrected chi connectivity index (χ2v) is 9.51. The Balaban J connectivity index is 1.50. The Bertz CT molecular complexity index is 1510. The summed E-state index contributed by atoms with van der Waals surface area (Å²) in [6.07, 6.45) is 0. The number of rotatable bonds is 6. The summed E-state index contributed by atoms with van der Waals surface area (Å²) in [5.41, 5.74) is 5.93. The summed E-state index contributed by atoms with van der Waals surface area (Å²) in [4.78, 5) is 33.1. The average Bonchev–Trinajstić information content (AvgIpc) is 3.35. The molecule has 1 heterocycles. The minimum atomic E-state index is -0.152. The molecule has 0 saturated heterocycles. The summed E-state index contributed by atoms with van der Waals surface area (Å²) in [5.74, 6) is -0.219. The summed E-state index contributed by atoms with van der Waals surface area (Å²) in [6.45, 7) is 4.54. The van der Waals surface area contributed by atoms with Crippen molar-refractivity contribution in [1.82, 2.24) is 4.98 Å². The van der Waals surface area contributed by atoms with Crippen molar-refractivity contribution in [3.63, 3.8) is 0 Å². The number of aryl methyl sites for hydroxylation is 2. The average molecular weight is 477 g/mol. The first kappa shape index (κ1) is 22.7. The van der Waals surface area contributed by atoms with Gasteiger partial charge in [-0.15, -0.1) is 0 Å². The molecule has 5 aromatic rings. The highest BCUT2D eigenvalue weighted by Crippen LogP contribution is 2.33. The standard InChI is InChI=1S/C30H24N2O2S/c1-20-13-18-26-27(21(20)2)31-30(35-26)32(19-22-9-5-3-6-10-22)29(34)25-16-14-24(15-17-25)28(33)23-11-7-4-8-12-23/h3-18H,19H2,1-2H3. The maximum atomic E-state index is 13.7. The van der Waals surface area contributed by atoms with Crippen molar-refractivity contribution >= 4 is 38.4 Å². The second kappa shape index (κ2) is 9.65. The second-order valence-electron chi connectivity index (χ2n) is 8.50. The molecule has 1 amide bonds. The lowest BCUT2D eigenvalue weighted by molar-refractivity contribution is 0.0982. The van der Waals surface area contributed by atoms with Crippen molar-refractivity contribution in [1.29, 1.82) is 0 Å². The van der Waals surface area contributed by atoms with Crippen molar-refractivity contribution in [2.24, 2.45) is 0 Å².